The van der Waals surface area contributed by atoms with Crippen molar-refractivity contribution in [3.8, 4) is 0 Å². The lowest BCUT2D eigenvalue weighted by Gasteiger charge is -2.35. The molecular formula is C25H27F3N6O2. The van der Waals surface area contributed by atoms with Gasteiger partial charge in [-0.05, 0) is 47.7 Å². The van der Waals surface area contributed by atoms with Gasteiger partial charge in [0.1, 0.15) is 32.0 Å². The van der Waals surface area contributed by atoms with E-state index in [1.54, 1.807) is 6.20 Å². The average molecular weight is 501 g/mol. The number of fused-ring (bicyclic) bond motifs is 3. The first-order chi connectivity index (χ1) is 17.4. The van der Waals surface area contributed by atoms with Gasteiger partial charge < -0.3 is 4.74 Å². The second-order valence-electron chi connectivity index (χ2n) is 9.27. The molecule has 1 aromatic carbocycles. The van der Waals surface area contributed by atoms with E-state index in [4.69, 9.17) is 4.74 Å². The predicted octanol–water partition coefficient (Wildman–Crippen LogP) is 3.51. The fraction of sp³-hybridized carbons (Fsp3) is 0.440. The summed E-state index contributed by atoms with van der Waals surface area (Å²) in [6.45, 7) is 3.37. The van der Waals surface area contributed by atoms with Crippen molar-refractivity contribution in [3.63, 3.8) is 0 Å². The summed E-state index contributed by atoms with van der Waals surface area (Å²) in [5.74, 6) is 0. The van der Waals surface area contributed by atoms with Gasteiger partial charge in [-0.25, -0.2) is 27.9 Å². The number of rotatable bonds is 7. The Morgan fingerprint density at radius 3 is 2.33 bits per heavy atom. The summed E-state index contributed by atoms with van der Waals surface area (Å²) in [4.78, 5) is 24.4. The van der Waals surface area contributed by atoms with E-state index >= 15 is 0 Å². The average Bonchev–Trinajstić information content (AvgIpc) is 3.36. The number of hydrogen-bond acceptors (Lipinski definition) is 6. The Balaban J connectivity index is 1.60. The summed E-state index contributed by atoms with van der Waals surface area (Å²) in [6, 6.07) is 4.89. The zero-order valence-electron chi connectivity index (χ0n) is 20.1. The maximum Gasteiger partial charge on any atom is 0.352 e. The lowest BCUT2D eigenvalue weighted by Crippen LogP contribution is -2.44. The van der Waals surface area contributed by atoms with Crippen molar-refractivity contribution < 1.29 is 17.9 Å². The van der Waals surface area contributed by atoms with Crippen molar-refractivity contribution in [2.24, 2.45) is 0 Å². The Morgan fingerprint density at radius 1 is 0.944 bits per heavy atom. The number of hydrogen-bond donors (Lipinski definition) is 0. The van der Waals surface area contributed by atoms with E-state index in [9.17, 15) is 18.0 Å². The van der Waals surface area contributed by atoms with Gasteiger partial charge >= 0.3 is 5.69 Å². The number of ether oxygens (including phenoxy) is 1. The maximum absolute atomic E-state index is 14.0. The highest BCUT2D eigenvalue weighted by atomic mass is 19.1. The SMILES string of the molecule is C[C@@H]1CN(Cc2cnc3c(c2)c2ncnn2c(=O)n3Cc2ccc(CF)c(CF)c2CF)C[C@H](C)O1. The summed E-state index contributed by atoms with van der Waals surface area (Å²) in [5.41, 5.74) is 1.68. The van der Waals surface area contributed by atoms with E-state index in [1.165, 1.54) is 27.5 Å². The molecular weight excluding hydrogens is 473 g/mol. The lowest BCUT2D eigenvalue weighted by atomic mass is 9.97. The minimum absolute atomic E-state index is 0.0131. The zero-order valence-corrected chi connectivity index (χ0v) is 20.1. The van der Waals surface area contributed by atoms with Crippen LogP contribution in [0.4, 0.5) is 13.2 Å². The number of halogens is 3. The maximum atomic E-state index is 14.0. The van der Waals surface area contributed by atoms with E-state index in [2.05, 4.69) is 20.0 Å². The second-order valence-corrected chi connectivity index (χ2v) is 9.27. The highest BCUT2D eigenvalue weighted by Gasteiger charge is 2.23. The molecule has 0 radical (unpaired) electrons. The van der Waals surface area contributed by atoms with Crippen molar-refractivity contribution in [2.75, 3.05) is 13.1 Å². The summed E-state index contributed by atoms with van der Waals surface area (Å²) in [7, 11) is 0. The van der Waals surface area contributed by atoms with E-state index in [0.29, 0.717) is 28.8 Å². The standard InChI is InChI=1S/C25H27F3N6O2/c1-15-10-32(11-16(2)36-15)12-17-5-20-23(29-9-17)33(25(35)34-24(20)30-14-31-34)13-19-4-3-18(6-26)21(7-27)22(19)8-28/h3-5,9,14-16H,6-8,10-13H2,1-2H3/t15-,16+. The molecule has 4 aromatic rings. The number of benzene rings is 1. The molecule has 1 aliphatic heterocycles. The fourth-order valence-corrected chi connectivity index (χ4v) is 5.12. The monoisotopic (exact) mass is 500 g/mol. The number of pyridine rings is 1. The molecule has 3 aromatic heterocycles. The van der Waals surface area contributed by atoms with Crippen molar-refractivity contribution in [3.05, 3.63) is 69.0 Å². The molecule has 1 saturated heterocycles. The van der Waals surface area contributed by atoms with Crippen LogP contribution in [-0.4, -0.2) is 54.3 Å². The predicted molar refractivity (Wildman–Crippen MR) is 128 cm³/mol. The van der Waals surface area contributed by atoms with Gasteiger partial charge in [-0.3, -0.25) is 9.47 Å². The zero-order chi connectivity index (χ0) is 25.4. The number of aromatic nitrogens is 5. The third-order valence-corrected chi connectivity index (χ3v) is 6.65. The van der Waals surface area contributed by atoms with Crippen LogP contribution < -0.4 is 5.69 Å². The molecule has 1 aliphatic rings. The van der Waals surface area contributed by atoms with Gasteiger partial charge in [0.15, 0.2) is 5.65 Å². The Bertz CT molecular complexity index is 1460. The third kappa shape index (κ3) is 4.37. The summed E-state index contributed by atoms with van der Waals surface area (Å²) < 4.78 is 49.3. The molecule has 11 heteroatoms. The Labute approximate surface area is 205 Å². The van der Waals surface area contributed by atoms with Crippen LogP contribution in [0.15, 0.2) is 35.5 Å². The van der Waals surface area contributed by atoms with Crippen LogP contribution in [0.25, 0.3) is 16.7 Å². The Hall–Kier alpha value is -3.31. The first-order valence-corrected chi connectivity index (χ1v) is 11.8. The molecule has 0 saturated carbocycles. The molecule has 5 rings (SSSR count). The van der Waals surface area contributed by atoms with E-state index < -0.39 is 25.7 Å². The van der Waals surface area contributed by atoms with Gasteiger partial charge in [-0.15, -0.1) is 0 Å². The molecule has 0 amide bonds. The van der Waals surface area contributed by atoms with Crippen molar-refractivity contribution in [1.29, 1.82) is 0 Å². The number of nitrogens with zero attached hydrogens (tertiary/aromatic N) is 6. The molecule has 0 aliphatic carbocycles. The van der Waals surface area contributed by atoms with E-state index in [-0.39, 0.29) is 35.4 Å². The highest BCUT2D eigenvalue weighted by Crippen LogP contribution is 2.25. The summed E-state index contributed by atoms with van der Waals surface area (Å²) in [6.07, 6.45) is 3.25. The normalized spacial score (nSPS) is 18.9. The molecule has 0 unspecified atom stereocenters. The van der Waals surface area contributed by atoms with Crippen LogP contribution in [0.3, 0.4) is 0 Å². The van der Waals surface area contributed by atoms with Crippen LogP contribution >= 0.6 is 0 Å². The Morgan fingerprint density at radius 2 is 1.64 bits per heavy atom. The van der Waals surface area contributed by atoms with Gasteiger partial charge in [-0.1, -0.05) is 12.1 Å². The van der Waals surface area contributed by atoms with Crippen molar-refractivity contribution >= 4 is 16.7 Å². The second kappa shape index (κ2) is 9.98. The molecule has 2 atom stereocenters. The highest BCUT2D eigenvalue weighted by molar-refractivity contribution is 5.89. The van der Waals surface area contributed by atoms with Crippen molar-refractivity contribution in [1.82, 2.24) is 29.0 Å². The van der Waals surface area contributed by atoms with Gasteiger partial charge in [0.05, 0.1) is 24.1 Å². The van der Waals surface area contributed by atoms with Gasteiger partial charge in [0.25, 0.3) is 0 Å². The number of morpholine rings is 1. The smallest absolute Gasteiger partial charge is 0.352 e. The van der Waals surface area contributed by atoms with Crippen LogP contribution in [0.5, 0.6) is 0 Å². The van der Waals surface area contributed by atoms with Crippen LogP contribution in [0.2, 0.25) is 0 Å². The van der Waals surface area contributed by atoms with Crippen LogP contribution in [-0.2, 0) is 37.9 Å². The quantitative estimate of drug-likeness (QED) is 0.387. The van der Waals surface area contributed by atoms with Crippen LogP contribution in [0.1, 0.15) is 41.7 Å². The summed E-state index contributed by atoms with van der Waals surface area (Å²) in [5, 5.41) is 4.69. The van der Waals surface area contributed by atoms with E-state index in [1.807, 2.05) is 19.9 Å². The van der Waals surface area contributed by atoms with E-state index in [0.717, 1.165) is 18.7 Å². The molecule has 0 spiro atoms. The lowest BCUT2D eigenvalue weighted by molar-refractivity contribution is -0.0705. The largest absolute Gasteiger partial charge is 0.373 e. The van der Waals surface area contributed by atoms with Crippen molar-refractivity contribution in [2.45, 2.75) is 59.2 Å². The Kier molecular flexibility index (Phi) is 6.76. The molecule has 8 nitrogen and oxygen atoms in total. The molecule has 4 heterocycles. The summed E-state index contributed by atoms with van der Waals surface area (Å²) >= 11 is 0. The molecule has 190 valence electrons. The topological polar surface area (TPSA) is 77.6 Å². The molecule has 1 fully saturated rings. The molecule has 0 N–H and O–H groups in total. The molecule has 36 heavy (non-hydrogen) atoms. The molecule has 0 bridgehead atoms. The van der Waals surface area contributed by atoms with Gasteiger partial charge in [-0.2, -0.15) is 9.61 Å². The first kappa shape index (κ1) is 24.4. The van der Waals surface area contributed by atoms with Gasteiger partial charge in [0.2, 0.25) is 0 Å². The minimum atomic E-state index is -0.996. The minimum Gasteiger partial charge on any atom is -0.373 e. The fourth-order valence-electron chi connectivity index (χ4n) is 5.12. The number of alkyl halides is 3. The van der Waals surface area contributed by atoms with Crippen LogP contribution in [0, 0.1) is 0 Å². The van der Waals surface area contributed by atoms with Gasteiger partial charge in [0, 0.05) is 25.8 Å². The first-order valence-electron chi connectivity index (χ1n) is 11.8. The third-order valence-electron chi connectivity index (χ3n) is 6.65.